The van der Waals surface area contributed by atoms with E-state index in [4.69, 9.17) is 11.6 Å². The zero-order valence-corrected chi connectivity index (χ0v) is 16.3. The molecule has 3 rings (SSSR count). The molecule has 0 saturated carbocycles. The van der Waals surface area contributed by atoms with Gasteiger partial charge in [0.2, 0.25) is 15.9 Å². The molecule has 28 heavy (non-hydrogen) atoms. The second-order valence-corrected chi connectivity index (χ2v) is 8.68. The first-order valence-electron chi connectivity index (χ1n) is 8.49. The van der Waals surface area contributed by atoms with E-state index in [1.54, 1.807) is 4.90 Å². The quantitative estimate of drug-likeness (QED) is 0.793. The van der Waals surface area contributed by atoms with Crippen LogP contribution >= 0.6 is 11.6 Å². The van der Waals surface area contributed by atoms with Gasteiger partial charge in [-0.05, 0) is 36.4 Å². The van der Waals surface area contributed by atoms with E-state index >= 15 is 0 Å². The summed E-state index contributed by atoms with van der Waals surface area (Å²) in [5.41, 5.74) is -0.00943. The van der Waals surface area contributed by atoms with Crippen LogP contribution in [0.2, 0.25) is 5.02 Å². The number of nitrogens with zero attached hydrogens (tertiary/aromatic N) is 2. The average Bonchev–Trinajstić information content (AvgIpc) is 2.65. The minimum Gasteiger partial charge on any atom is -0.322 e. The van der Waals surface area contributed by atoms with Gasteiger partial charge in [0.25, 0.3) is 0 Å². The molecular formula is C18H18ClF2N3O3S. The summed E-state index contributed by atoms with van der Waals surface area (Å²) in [6.45, 7) is 0.953. The van der Waals surface area contributed by atoms with Crippen LogP contribution in [0.15, 0.2) is 47.4 Å². The van der Waals surface area contributed by atoms with Crippen molar-refractivity contribution in [1.82, 2.24) is 9.21 Å². The summed E-state index contributed by atoms with van der Waals surface area (Å²) in [6.07, 6.45) is 0. The monoisotopic (exact) mass is 429 g/mol. The summed E-state index contributed by atoms with van der Waals surface area (Å²) in [5.74, 6) is -1.64. The number of halogens is 3. The van der Waals surface area contributed by atoms with Crippen molar-refractivity contribution in [2.75, 3.05) is 38.0 Å². The van der Waals surface area contributed by atoms with Crippen LogP contribution in [0.4, 0.5) is 14.5 Å². The fraction of sp³-hybridized carbons (Fsp3) is 0.278. The molecule has 0 spiro atoms. The first-order valence-corrected chi connectivity index (χ1v) is 10.3. The Morgan fingerprint density at radius 1 is 1.07 bits per heavy atom. The smallest absolute Gasteiger partial charge is 0.243 e. The van der Waals surface area contributed by atoms with E-state index in [0.29, 0.717) is 18.1 Å². The second kappa shape index (κ2) is 8.52. The van der Waals surface area contributed by atoms with Gasteiger partial charge in [-0.25, -0.2) is 17.2 Å². The highest BCUT2D eigenvalue weighted by atomic mass is 35.5. The number of amides is 1. The third-order valence-corrected chi connectivity index (χ3v) is 6.46. The van der Waals surface area contributed by atoms with Crippen LogP contribution in [0.5, 0.6) is 0 Å². The van der Waals surface area contributed by atoms with Crippen molar-refractivity contribution in [1.29, 1.82) is 0 Å². The van der Waals surface area contributed by atoms with Gasteiger partial charge in [-0.3, -0.25) is 9.69 Å². The largest absolute Gasteiger partial charge is 0.322 e. The minimum absolute atomic E-state index is 0.00943. The van der Waals surface area contributed by atoms with E-state index in [0.717, 1.165) is 12.1 Å². The van der Waals surface area contributed by atoms with Gasteiger partial charge in [0.05, 0.1) is 17.1 Å². The second-order valence-electron chi connectivity index (χ2n) is 6.31. The molecule has 1 N–H and O–H groups in total. The molecular weight excluding hydrogens is 412 g/mol. The number of anilines is 1. The molecule has 1 heterocycles. The molecule has 1 fully saturated rings. The molecule has 1 saturated heterocycles. The number of benzene rings is 2. The maximum Gasteiger partial charge on any atom is 0.243 e. The molecule has 0 unspecified atom stereocenters. The lowest BCUT2D eigenvalue weighted by Crippen LogP contribution is -2.50. The standard InChI is InChI=1S/C18H18ClF2N3O3S/c19-13-4-5-16(21)17(10-13)22-18(25)12-23-6-8-24(9-7-23)28(26,27)15-3-1-2-14(20)11-15/h1-5,10-11H,6-9,12H2,(H,22,25). The molecule has 10 heteroatoms. The number of carbonyl (C=O) groups excluding carboxylic acids is 1. The van der Waals surface area contributed by atoms with Gasteiger partial charge in [0, 0.05) is 31.2 Å². The summed E-state index contributed by atoms with van der Waals surface area (Å²) in [7, 11) is -3.79. The van der Waals surface area contributed by atoms with Gasteiger partial charge in [-0.15, -0.1) is 0 Å². The van der Waals surface area contributed by atoms with Gasteiger partial charge in [0.15, 0.2) is 0 Å². The summed E-state index contributed by atoms with van der Waals surface area (Å²) in [4.78, 5) is 13.8. The Morgan fingerprint density at radius 2 is 1.79 bits per heavy atom. The normalized spacial score (nSPS) is 16.1. The number of hydrogen-bond donors (Lipinski definition) is 1. The summed E-state index contributed by atoms with van der Waals surface area (Å²) < 4.78 is 53.5. The zero-order chi connectivity index (χ0) is 20.3. The molecule has 0 aromatic heterocycles. The van der Waals surface area contributed by atoms with Crippen LogP contribution in [0.25, 0.3) is 0 Å². The maximum atomic E-state index is 13.7. The number of carbonyl (C=O) groups is 1. The van der Waals surface area contributed by atoms with Crippen molar-refractivity contribution in [3.05, 3.63) is 59.1 Å². The number of hydrogen-bond acceptors (Lipinski definition) is 4. The molecule has 2 aromatic carbocycles. The van der Waals surface area contributed by atoms with E-state index in [-0.39, 0.29) is 30.2 Å². The van der Waals surface area contributed by atoms with Crippen molar-refractivity contribution >= 4 is 33.2 Å². The first kappa shape index (κ1) is 20.7. The van der Waals surface area contributed by atoms with Crippen molar-refractivity contribution in [3.63, 3.8) is 0 Å². The van der Waals surface area contributed by atoms with Crippen LogP contribution in [0.3, 0.4) is 0 Å². The minimum atomic E-state index is -3.79. The lowest BCUT2D eigenvalue weighted by Gasteiger charge is -2.33. The van der Waals surface area contributed by atoms with E-state index in [2.05, 4.69) is 5.32 Å². The van der Waals surface area contributed by atoms with Gasteiger partial charge >= 0.3 is 0 Å². The molecule has 0 radical (unpaired) electrons. The van der Waals surface area contributed by atoms with E-state index in [1.165, 1.54) is 34.6 Å². The van der Waals surface area contributed by atoms with Crippen molar-refractivity contribution < 1.29 is 22.0 Å². The molecule has 0 bridgehead atoms. The Kier molecular flexibility index (Phi) is 6.29. The Labute approximate surface area is 166 Å². The predicted octanol–water partition coefficient (Wildman–Crippen LogP) is 2.56. The molecule has 1 aliphatic heterocycles. The Hall–Kier alpha value is -2.07. The van der Waals surface area contributed by atoms with Crippen LogP contribution in [-0.2, 0) is 14.8 Å². The number of sulfonamides is 1. The van der Waals surface area contributed by atoms with Gasteiger partial charge in [-0.2, -0.15) is 4.31 Å². The van der Waals surface area contributed by atoms with Gasteiger partial charge in [-0.1, -0.05) is 17.7 Å². The molecule has 0 atom stereocenters. The lowest BCUT2D eigenvalue weighted by molar-refractivity contribution is -0.117. The fourth-order valence-electron chi connectivity index (χ4n) is 2.89. The van der Waals surface area contributed by atoms with Crippen molar-refractivity contribution in [2.45, 2.75) is 4.90 Å². The SMILES string of the molecule is O=C(CN1CCN(S(=O)(=O)c2cccc(F)c2)CC1)Nc1cc(Cl)ccc1F. The van der Waals surface area contributed by atoms with Crippen LogP contribution < -0.4 is 5.32 Å². The zero-order valence-electron chi connectivity index (χ0n) is 14.7. The topological polar surface area (TPSA) is 69.7 Å². The lowest BCUT2D eigenvalue weighted by atomic mass is 10.3. The Bertz CT molecular complexity index is 980. The van der Waals surface area contributed by atoms with E-state index in [9.17, 15) is 22.0 Å². The summed E-state index contributed by atoms with van der Waals surface area (Å²) in [5, 5.41) is 2.76. The fourth-order valence-corrected chi connectivity index (χ4v) is 4.52. The third-order valence-electron chi connectivity index (χ3n) is 4.33. The first-order chi connectivity index (χ1) is 13.3. The van der Waals surface area contributed by atoms with Crippen LogP contribution in [0, 0.1) is 11.6 Å². The molecule has 6 nitrogen and oxygen atoms in total. The molecule has 1 aliphatic rings. The third kappa shape index (κ3) is 4.85. The molecule has 2 aromatic rings. The highest BCUT2D eigenvalue weighted by molar-refractivity contribution is 7.89. The van der Waals surface area contributed by atoms with Crippen molar-refractivity contribution in [3.8, 4) is 0 Å². The van der Waals surface area contributed by atoms with Crippen LogP contribution in [0.1, 0.15) is 0 Å². The number of nitrogens with one attached hydrogen (secondary N) is 1. The number of rotatable bonds is 5. The van der Waals surface area contributed by atoms with Gasteiger partial charge in [0.1, 0.15) is 11.6 Å². The Morgan fingerprint density at radius 3 is 2.46 bits per heavy atom. The molecule has 1 amide bonds. The highest BCUT2D eigenvalue weighted by Crippen LogP contribution is 2.20. The van der Waals surface area contributed by atoms with Crippen LogP contribution in [-0.4, -0.2) is 56.3 Å². The molecule has 150 valence electrons. The highest BCUT2D eigenvalue weighted by Gasteiger charge is 2.29. The predicted molar refractivity (Wildman–Crippen MR) is 102 cm³/mol. The maximum absolute atomic E-state index is 13.7. The van der Waals surface area contributed by atoms with E-state index in [1.807, 2.05) is 0 Å². The van der Waals surface area contributed by atoms with Gasteiger partial charge < -0.3 is 5.32 Å². The summed E-state index contributed by atoms with van der Waals surface area (Å²) in [6, 6.07) is 8.71. The average molecular weight is 430 g/mol. The number of piperazine rings is 1. The summed E-state index contributed by atoms with van der Waals surface area (Å²) >= 11 is 5.80. The van der Waals surface area contributed by atoms with Crippen molar-refractivity contribution in [2.24, 2.45) is 0 Å². The molecule has 0 aliphatic carbocycles. The Balaban J connectivity index is 1.56. The van der Waals surface area contributed by atoms with E-state index < -0.39 is 27.6 Å².